The van der Waals surface area contributed by atoms with E-state index < -0.39 is 0 Å². The topological polar surface area (TPSA) is 67.2 Å². The Hall–Kier alpha value is -1.37. The highest BCUT2D eigenvalue weighted by Gasteiger charge is 2.15. The summed E-state index contributed by atoms with van der Waals surface area (Å²) < 4.78 is 5.53. The summed E-state index contributed by atoms with van der Waals surface area (Å²) >= 11 is 1.43. The van der Waals surface area contributed by atoms with Gasteiger partial charge < -0.3 is 15.1 Å². The van der Waals surface area contributed by atoms with E-state index in [1.165, 1.54) is 24.2 Å². The maximum absolute atomic E-state index is 12.1. The smallest absolute Gasteiger partial charge is 0.270 e. The van der Waals surface area contributed by atoms with E-state index in [2.05, 4.69) is 15.6 Å². The van der Waals surface area contributed by atoms with Crippen molar-refractivity contribution in [1.82, 2.24) is 15.6 Å². The van der Waals surface area contributed by atoms with Crippen molar-refractivity contribution in [1.29, 1.82) is 0 Å². The fraction of sp³-hybridized carbons (Fsp3) is 0.500. The van der Waals surface area contributed by atoms with E-state index in [1.54, 1.807) is 5.38 Å². The van der Waals surface area contributed by atoms with E-state index in [1.807, 2.05) is 19.1 Å². The summed E-state index contributed by atoms with van der Waals surface area (Å²) in [6.45, 7) is 4.79. The number of hydrogen-bond acceptors (Lipinski definition) is 5. The number of aromatic nitrogens is 1. The Morgan fingerprint density at radius 2 is 2.39 bits per heavy atom. The van der Waals surface area contributed by atoms with Crippen molar-refractivity contribution < 1.29 is 9.21 Å². The number of piperidine rings is 1. The second-order valence-corrected chi connectivity index (χ2v) is 6.56. The molecule has 1 unspecified atom stereocenters. The van der Waals surface area contributed by atoms with Crippen LogP contribution in [0.25, 0.3) is 10.8 Å². The molecule has 1 amide bonds. The van der Waals surface area contributed by atoms with E-state index in [9.17, 15) is 4.79 Å². The predicted octanol–water partition coefficient (Wildman–Crippen LogP) is 3.25. The zero-order chi connectivity index (χ0) is 15.4. The number of thiazole rings is 1. The van der Waals surface area contributed by atoms with E-state index in [4.69, 9.17) is 4.42 Å². The van der Waals surface area contributed by atoms with Crippen molar-refractivity contribution in [3.63, 3.8) is 0 Å². The third-order valence-electron chi connectivity index (χ3n) is 3.93. The molecule has 1 aliphatic heterocycles. The van der Waals surface area contributed by atoms with E-state index in [0.717, 1.165) is 36.0 Å². The molecule has 0 aliphatic carbocycles. The van der Waals surface area contributed by atoms with E-state index in [0.29, 0.717) is 18.2 Å². The molecule has 126 valence electrons. The molecule has 2 aromatic heterocycles. The summed E-state index contributed by atoms with van der Waals surface area (Å²) in [5, 5.41) is 8.88. The lowest BCUT2D eigenvalue weighted by Gasteiger charge is -2.22. The standard InChI is InChI=1S/C16H21N3O2S.ClH/c1-11-4-5-14(21-11)16-19-13(10-22-16)15(20)18-8-6-12-3-2-7-17-9-12;/h4-5,10,12,17H,2-3,6-9H2,1H3,(H,18,20);1H. The first kappa shape index (κ1) is 18.0. The summed E-state index contributed by atoms with van der Waals surface area (Å²) in [5.41, 5.74) is 0.468. The van der Waals surface area contributed by atoms with Gasteiger partial charge in [0.1, 0.15) is 11.5 Å². The Bertz CT molecular complexity index is 635. The molecule has 5 nitrogen and oxygen atoms in total. The van der Waals surface area contributed by atoms with Crippen LogP contribution in [0.2, 0.25) is 0 Å². The van der Waals surface area contributed by atoms with Gasteiger partial charge in [0.25, 0.3) is 5.91 Å². The molecule has 7 heteroatoms. The zero-order valence-corrected chi connectivity index (χ0v) is 14.8. The Labute approximate surface area is 146 Å². The first-order valence-corrected chi connectivity index (χ1v) is 8.61. The fourth-order valence-corrected chi connectivity index (χ4v) is 3.45. The second kappa shape index (κ2) is 8.47. The number of carbonyl (C=O) groups is 1. The minimum Gasteiger partial charge on any atom is -0.459 e. The van der Waals surface area contributed by atoms with Gasteiger partial charge in [-0.05, 0) is 57.3 Å². The average Bonchev–Trinajstić information content (AvgIpc) is 3.17. The Morgan fingerprint density at radius 3 is 3.09 bits per heavy atom. The van der Waals surface area contributed by atoms with Gasteiger partial charge in [-0.2, -0.15) is 0 Å². The molecule has 23 heavy (non-hydrogen) atoms. The van der Waals surface area contributed by atoms with Gasteiger partial charge in [-0.15, -0.1) is 23.7 Å². The SMILES string of the molecule is Cc1ccc(-c2nc(C(=O)NCCC3CCCNC3)cs2)o1.Cl. The van der Waals surface area contributed by atoms with Crippen molar-refractivity contribution in [3.05, 3.63) is 29.0 Å². The second-order valence-electron chi connectivity index (χ2n) is 5.71. The predicted molar refractivity (Wildman–Crippen MR) is 94.3 cm³/mol. The monoisotopic (exact) mass is 355 g/mol. The molecule has 2 aromatic rings. The minimum absolute atomic E-state index is 0. The lowest BCUT2D eigenvalue weighted by atomic mass is 9.96. The van der Waals surface area contributed by atoms with Gasteiger partial charge in [0.15, 0.2) is 10.8 Å². The maximum atomic E-state index is 12.1. The summed E-state index contributed by atoms with van der Waals surface area (Å²) in [4.78, 5) is 16.5. The molecule has 1 fully saturated rings. The van der Waals surface area contributed by atoms with Crippen LogP contribution in [-0.4, -0.2) is 30.5 Å². The fourth-order valence-electron chi connectivity index (χ4n) is 2.69. The number of amides is 1. The number of rotatable bonds is 5. The molecule has 0 bridgehead atoms. The molecule has 0 spiro atoms. The molecular formula is C16H22ClN3O2S. The molecule has 1 aliphatic rings. The lowest BCUT2D eigenvalue weighted by Crippen LogP contribution is -2.33. The molecule has 0 saturated carbocycles. The van der Waals surface area contributed by atoms with Crippen LogP contribution >= 0.6 is 23.7 Å². The summed E-state index contributed by atoms with van der Waals surface area (Å²) in [6, 6.07) is 3.78. The van der Waals surface area contributed by atoms with Crippen LogP contribution in [0.1, 0.15) is 35.5 Å². The van der Waals surface area contributed by atoms with Gasteiger partial charge >= 0.3 is 0 Å². The van der Waals surface area contributed by atoms with Crippen LogP contribution < -0.4 is 10.6 Å². The minimum atomic E-state index is -0.102. The maximum Gasteiger partial charge on any atom is 0.270 e. The molecule has 3 heterocycles. The zero-order valence-electron chi connectivity index (χ0n) is 13.1. The summed E-state index contributed by atoms with van der Waals surface area (Å²) in [7, 11) is 0. The van der Waals surface area contributed by atoms with Crippen LogP contribution in [0, 0.1) is 12.8 Å². The highest BCUT2D eigenvalue weighted by atomic mass is 35.5. The first-order chi connectivity index (χ1) is 10.7. The molecular weight excluding hydrogens is 334 g/mol. The number of halogens is 1. The number of aryl methyl sites for hydroxylation is 1. The molecule has 1 saturated heterocycles. The quantitative estimate of drug-likeness (QED) is 0.863. The van der Waals surface area contributed by atoms with Gasteiger partial charge in [0, 0.05) is 11.9 Å². The van der Waals surface area contributed by atoms with Gasteiger partial charge in [0.2, 0.25) is 0 Å². The van der Waals surface area contributed by atoms with Crippen LogP contribution in [0.15, 0.2) is 21.9 Å². The van der Waals surface area contributed by atoms with Crippen LogP contribution in [-0.2, 0) is 0 Å². The average molecular weight is 356 g/mol. The van der Waals surface area contributed by atoms with Gasteiger partial charge in [-0.25, -0.2) is 4.98 Å². The van der Waals surface area contributed by atoms with Gasteiger partial charge in [-0.1, -0.05) is 0 Å². The normalized spacial score (nSPS) is 17.5. The number of nitrogens with one attached hydrogen (secondary N) is 2. The number of carbonyl (C=O) groups excluding carboxylic acids is 1. The number of nitrogens with zero attached hydrogens (tertiary/aromatic N) is 1. The molecule has 3 rings (SSSR count). The van der Waals surface area contributed by atoms with Crippen molar-refractivity contribution in [2.75, 3.05) is 19.6 Å². The molecule has 0 aromatic carbocycles. The highest BCUT2D eigenvalue weighted by Crippen LogP contribution is 2.25. The van der Waals surface area contributed by atoms with Crippen molar-refractivity contribution in [2.45, 2.75) is 26.2 Å². The first-order valence-electron chi connectivity index (χ1n) is 7.73. The Kier molecular flexibility index (Phi) is 6.62. The number of furan rings is 1. The van der Waals surface area contributed by atoms with Crippen molar-refractivity contribution in [3.8, 4) is 10.8 Å². The highest BCUT2D eigenvalue weighted by molar-refractivity contribution is 7.13. The van der Waals surface area contributed by atoms with Crippen LogP contribution in [0.5, 0.6) is 0 Å². The molecule has 2 N–H and O–H groups in total. The van der Waals surface area contributed by atoms with Crippen LogP contribution in [0.4, 0.5) is 0 Å². The Morgan fingerprint density at radius 1 is 1.52 bits per heavy atom. The van der Waals surface area contributed by atoms with Gasteiger partial charge in [-0.3, -0.25) is 4.79 Å². The number of hydrogen-bond donors (Lipinski definition) is 2. The van der Waals surface area contributed by atoms with Gasteiger partial charge in [0.05, 0.1) is 0 Å². The molecule has 1 atom stereocenters. The van der Waals surface area contributed by atoms with Crippen molar-refractivity contribution >= 4 is 29.7 Å². The van der Waals surface area contributed by atoms with E-state index in [-0.39, 0.29) is 18.3 Å². The summed E-state index contributed by atoms with van der Waals surface area (Å²) in [5.74, 6) is 2.13. The van der Waals surface area contributed by atoms with Crippen molar-refractivity contribution in [2.24, 2.45) is 5.92 Å². The Balaban J connectivity index is 0.00000192. The third kappa shape index (κ3) is 4.80. The van der Waals surface area contributed by atoms with E-state index >= 15 is 0 Å². The largest absolute Gasteiger partial charge is 0.459 e. The third-order valence-corrected chi connectivity index (χ3v) is 4.78. The van der Waals surface area contributed by atoms with Crippen LogP contribution in [0.3, 0.4) is 0 Å². The summed E-state index contributed by atoms with van der Waals surface area (Å²) in [6.07, 6.45) is 3.51. The molecule has 0 radical (unpaired) electrons. The lowest BCUT2D eigenvalue weighted by molar-refractivity contribution is 0.0946.